The number of piperidine rings is 1. The van der Waals surface area contributed by atoms with Crippen LogP contribution in [0.5, 0.6) is 0 Å². The molecule has 2 rings (SSSR count). The Kier molecular flexibility index (Phi) is 3.91. The number of carbonyl (C=O) groups is 1. The summed E-state index contributed by atoms with van der Waals surface area (Å²) in [4.78, 5) is 12.3. The molecule has 1 aromatic heterocycles. The lowest BCUT2D eigenvalue weighted by atomic mass is 9.79. The fourth-order valence-corrected chi connectivity index (χ4v) is 3.35. The summed E-state index contributed by atoms with van der Waals surface area (Å²) in [7, 11) is 0. The molecule has 0 atom stereocenters. The molecule has 20 heavy (non-hydrogen) atoms. The van der Waals surface area contributed by atoms with Crippen LogP contribution in [0.4, 0.5) is 0 Å². The second-order valence-corrected chi connectivity index (χ2v) is 7.06. The van der Waals surface area contributed by atoms with Gasteiger partial charge in [0.1, 0.15) is 0 Å². The predicted octanol–water partition coefficient (Wildman–Crippen LogP) is 1.94. The van der Waals surface area contributed by atoms with Crippen LogP contribution in [0.3, 0.4) is 0 Å². The van der Waals surface area contributed by atoms with Crippen molar-refractivity contribution < 1.29 is 4.79 Å². The molecule has 0 radical (unpaired) electrons. The number of aryl methyl sites for hydroxylation is 1. The third kappa shape index (κ3) is 3.60. The van der Waals surface area contributed by atoms with Crippen LogP contribution in [0.2, 0.25) is 0 Å². The molecule has 5 nitrogen and oxygen atoms in total. The Morgan fingerprint density at radius 1 is 1.40 bits per heavy atom. The first-order valence-electron chi connectivity index (χ1n) is 7.33. The maximum Gasteiger partial charge on any atom is 0.254 e. The van der Waals surface area contributed by atoms with E-state index in [1.165, 1.54) is 0 Å². The highest BCUT2D eigenvalue weighted by molar-refractivity contribution is 5.93. The van der Waals surface area contributed by atoms with E-state index in [1.54, 1.807) is 17.1 Å². The minimum absolute atomic E-state index is 0.0248. The summed E-state index contributed by atoms with van der Waals surface area (Å²) in [5.74, 6) is -0.0248. The SMILES string of the molecule is CCn1cc(C(=O)NC2CC(C)(C)NC(C)(C)C2)cn1. The number of nitrogens with zero attached hydrogens (tertiary/aromatic N) is 2. The van der Waals surface area contributed by atoms with Crippen molar-refractivity contribution in [1.29, 1.82) is 0 Å². The summed E-state index contributed by atoms with van der Waals surface area (Å²) >= 11 is 0. The Hall–Kier alpha value is -1.36. The topological polar surface area (TPSA) is 59.0 Å². The van der Waals surface area contributed by atoms with Crippen LogP contribution in [0.25, 0.3) is 0 Å². The summed E-state index contributed by atoms with van der Waals surface area (Å²) in [5, 5.41) is 10.9. The first kappa shape index (κ1) is 15.0. The summed E-state index contributed by atoms with van der Waals surface area (Å²) in [5.41, 5.74) is 0.710. The number of carbonyl (C=O) groups excluding carboxylic acids is 1. The number of hydrogen-bond acceptors (Lipinski definition) is 3. The van der Waals surface area contributed by atoms with Crippen molar-refractivity contribution in [1.82, 2.24) is 20.4 Å². The summed E-state index contributed by atoms with van der Waals surface area (Å²) in [6.07, 6.45) is 5.30. The van der Waals surface area contributed by atoms with Gasteiger partial charge in [0, 0.05) is 29.9 Å². The number of rotatable bonds is 3. The van der Waals surface area contributed by atoms with Crippen LogP contribution in [0.1, 0.15) is 57.8 Å². The first-order valence-corrected chi connectivity index (χ1v) is 7.33. The lowest BCUT2D eigenvalue weighted by molar-refractivity contribution is 0.0873. The lowest BCUT2D eigenvalue weighted by Gasteiger charge is -2.46. The highest BCUT2D eigenvalue weighted by Gasteiger charge is 2.38. The zero-order valence-electron chi connectivity index (χ0n) is 13.2. The van der Waals surface area contributed by atoms with E-state index >= 15 is 0 Å². The smallest absolute Gasteiger partial charge is 0.254 e. The van der Waals surface area contributed by atoms with E-state index in [2.05, 4.69) is 43.4 Å². The standard InChI is InChI=1S/C15H26N4O/c1-6-19-10-11(9-16-19)13(20)17-12-7-14(2,3)18-15(4,5)8-12/h9-10,12,18H,6-8H2,1-5H3,(H,17,20). The minimum Gasteiger partial charge on any atom is -0.349 e. The highest BCUT2D eigenvalue weighted by Crippen LogP contribution is 2.28. The zero-order valence-corrected chi connectivity index (χ0v) is 13.2. The predicted molar refractivity (Wildman–Crippen MR) is 79.7 cm³/mol. The Morgan fingerprint density at radius 3 is 2.50 bits per heavy atom. The maximum atomic E-state index is 12.3. The van der Waals surface area contributed by atoms with Gasteiger partial charge in [-0.2, -0.15) is 5.10 Å². The molecule has 1 fully saturated rings. The number of amides is 1. The molecule has 0 unspecified atom stereocenters. The van der Waals surface area contributed by atoms with Gasteiger partial charge in [0.25, 0.3) is 5.91 Å². The molecule has 1 aliphatic heterocycles. The second-order valence-electron chi connectivity index (χ2n) is 7.06. The van der Waals surface area contributed by atoms with E-state index in [0.717, 1.165) is 19.4 Å². The van der Waals surface area contributed by atoms with Gasteiger partial charge in [-0.15, -0.1) is 0 Å². The molecule has 2 N–H and O–H groups in total. The van der Waals surface area contributed by atoms with Gasteiger partial charge in [0.2, 0.25) is 0 Å². The van der Waals surface area contributed by atoms with Gasteiger partial charge in [0.15, 0.2) is 0 Å². The number of hydrogen-bond donors (Lipinski definition) is 2. The van der Waals surface area contributed by atoms with Gasteiger partial charge in [-0.05, 0) is 47.5 Å². The molecule has 2 heterocycles. The van der Waals surface area contributed by atoms with Crippen LogP contribution in [0.15, 0.2) is 12.4 Å². The maximum absolute atomic E-state index is 12.3. The molecule has 5 heteroatoms. The second kappa shape index (κ2) is 5.20. The molecule has 0 aromatic carbocycles. The van der Waals surface area contributed by atoms with Crippen molar-refractivity contribution in [2.24, 2.45) is 0 Å². The van der Waals surface area contributed by atoms with E-state index in [4.69, 9.17) is 0 Å². The quantitative estimate of drug-likeness (QED) is 0.888. The zero-order chi connectivity index (χ0) is 15.0. The molecule has 0 bridgehead atoms. The largest absolute Gasteiger partial charge is 0.349 e. The molecule has 0 aliphatic carbocycles. The summed E-state index contributed by atoms with van der Waals surface area (Å²) in [6, 6.07) is 0.193. The molecule has 1 aliphatic rings. The molecular weight excluding hydrogens is 252 g/mol. The molecule has 0 saturated carbocycles. The van der Waals surface area contributed by atoms with Crippen molar-refractivity contribution in [2.45, 2.75) is 71.1 Å². The normalized spacial score (nSPS) is 21.6. The first-order chi connectivity index (χ1) is 9.21. The third-order valence-electron chi connectivity index (χ3n) is 3.74. The number of nitrogens with one attached hydrogen (secondary N) is 2. The van der Waals surface area contributed by atoms with E-state index in [9.17, 15) is 4.79 Å². The van der Waals surface area contributed by atoms with Crippen LogP contribution >= 0.6 is 0 Å². The Labute approximate surface area is 121 Å². The molecule has 1 amide bonds. The van der Waals surface area contributed by atoms with E-state index in [1.807, 2.05) is 6.92 Å². The highest BCUT2D eigenvalue weighted by atomic mass is 16.1. The van der Waals surface area contributed by atoms with Gasteiger partial charge in [-0.3, -0.25) is 9.48 Å². The van der Waals surface area contributed by atoms with Gasteiger partial charge >= 0.3 is 0 Å². The fraction of sp³-hybridized carbons (Fsp3) is 0.733. The number of aromatic nitrogens is 2. The van der Waals surface area contributed by atoms with Crippen LogP contribution < -0.4 is 10.6 Å². The van der Waals surface area contributed by atoms with Crippen molar-refractivity contribution in [3.8, 4) is 0 Å². The summed E-state index contributed by atoms with van der Waals surface area (Å²) < 4.78 is 1.77. The van der Waals surface area contributed by atoms with Crippen molar-refractivity contribution in [3.63, 3.8) is 0 Å². The minimum atomic E-state index is -0.0248. The van der Waals surface area contributed by atoms with Crippen LogP contribution in [-0.2, 0) is 6.54 Å². The van der Waals surface area contributed by atoms with E-state index in [-0.39, 0.29) is 23.0 Å². The average molecular weight is 278 g/mol. The van der Waals surface area contributed by atoms with Crippen molar-refractivity contribution in [2.75, 3.05) is 0 Å². The Morgan fingerprint density at radius 2 is 2.00 bits per heavy atom. The van der Waals surface area contributed by atoms with Gasteiger partial charge in [0.05, 0.1) is 11.8 Å². The Bertz CT molecular complexity index is 474. The molecule has 112 valence electrons. The third-order valence-corrected chi connectivity index (χ3v) is 3.74. The fourth-order valence-electron chi connectivity index (χ4n) is 3.35. The average Bonchev–Trinajstić information content (AvgIpc) is 2.72. The van der Waals surface area contributed by atoms with Gasteiger partial charge in [-0.25, -0.2) is 0 Å². The van der Waals surface area contributed by atoms with E-state index in [0.29, 0.717) is 5.56 Å². The monoisotopic (exact) mass is 278 g/mol. The lowest BCUT2D eigenvalue weighted by Crippen LogP contribution is -2.62. The van der Waals surface area contributed by atoms with Crippen LogP contribution in [0, 0.1) is 0 Å². The van der Waals surface area contributed by atoms with Crippen LogP contribution in [-0.4, -0.2) is 32.8 Å². The molecule has 1 aromatic rings. The molecular formula is C15H26N4O. The van der Waals surface area contributed by atoms with E-state index < -0.39 is 0 Å². The van der Waals surface area contributed by atoms with Gasteiger partial charge in [-0.1, -0.05) is 0 Å². The van der Waals surface area contributed by atoms with Crippen molar-refractivity contribution in [3.05, 3.63) is 18.0 Å². The van der Waals surface area contributed by atoms with Gasteiger partial charge < -0.3 is 10.6 Å². The molecule has 0 spiro atoms. The van der Waals surface area contributed by atoms with Crippen molar-refractivity contribution >= 4 is 5.91 Å². The summed E-state index contributed by atoms with van der Waals surface area (Å²) in [6.45, 7) is 11.5. The molecule has 1 saturated heterocycles. The Balaban J connectivity index is 2.03.